The maximum Gasteiger partial charge on any atom is 0.0236 e. The van der Waals surface area contributed by atoms with Crippen molar-refractivity contribution < 1.29 is 0 Å². The number of aryl methyl sites for hydroxylation is 3. The average Bonchev–Trinajstić information content (AvgIpc) is 2.11. The molecule has 84 valence electrons. The number of alkyl halides is 1. The molecule has 0 fully saturated rings. The Bertz CT molecular complexity index is 310. The summed E-state index contributed by atoms with van der Waals surface area (Å²) in [7, 11) is 2.17. The SMILES string of the molecule is Cc1cc(C)c(CN(C)CCBr)c(C)c1. The van der Waals surface area contributed by atoms with Crippen LogP contribution in [0.5, 0.6) is 0 Å². The molecule has 0 saturated heterocycles. The lowest BCUT2D eigenvalue weighted by atomic mass is 9.99. The summed E-state index contributed by atoms with van der Waals surface area (Å²) in [6.07, 6.45) is 0. The van der Waals surface area contributed by atoms with Gasteiger partial charge in [0.2, 0.25) is 0 Å². The van der Waals surface area contributed by atoms with Crippen LogP contribution in [0.25, 0.3) is 0 Å². The minimum Gasteiger partial charge on any atom is -0.301 e. The molecule has 1 rings (SSSR count). The van der Waals surface area contributed by atoms with Crippen LogP contribution in [0, 0.1) is 20.8 Å². The van der Waals surface area contributed by atoms with E-state index >= 15 is 0 Å². The highest BCUT2D eigenvalue weighted by Crippen LogP contribution is 2.17. The summed E-state index contributed by atoms with van der Waals surface area (Å²) >= 11 is 3.47. The second-order valence-corrected chi connectivity index (χ2v) is 5.10. The van der Waals surface area contributed by atoms with Crippen LogP contribution in [0.3, 0.4) is 0 Å². The smallest absolute Gasteiger partial charge is 0.0236 e. The van der Waals surface area contributed by atoms with E-state index in [2.05, 4.69) is 60.8 Å². The second kappa shape index (κ2) is 5.66. The molecular weight excluding hydrogens is 250 g/mol. The largest absolute Gasteiger partial charge is 0.301 e. The van der Waals surface area contributed by atoms with Gasteiger partial charge in [0.1, 0.15) is 0 Å². The Balaban J connectivity index is 2.85. The molecule has 0 amide bonds. The molecule has 15 heavy (non-hydrogen) atoms. The van der Waals surface area contributed by atoms with E-state index in [-0.39, 0.29) is 0 Å². The van der Waals surface area contributed by atoms with E-state index in [9.17, 15) is 0 Å². The zero-order valence-corrected chi connectivity index (χ0v) is 11.7. The van der Waals surface area contributed by atoms with Gasteiger partial charge in [0, 0.05) is 18.4 Å². The Morgan fingerprint density at radius 2 is 1.67 bits per heavy atom. The van der Waals surface area contributed by atoms with Crippen molar-refractivity contribution in [2.75, 3.05) is 18.9 Å². The highest BCUT2D eigenvalue weighted by atomic mass is 79.9. The van der Waals surface area contributed by atoms with Crippen LogP contribution < -0.4 is 0 Å². The third-order valence-electron chi connectivity index (χ3n) is 2.73. The lowest BCUT2D eigenvalue weighted by Gasteiger charge is -2.19. The van der Waals surface area contributed by atoms with Gasteiger partial charge in [-0.3, -0.25) is 0 Å². The van der Waals surface area contributed by atoms with E-state index in [1.54, 1.807) is 0 Å². The molecule has 1 aromatic carbocycles. The number of halogens is 1. The first-order valence-electron chi connectivity index (χ1n) is 5.36. The molecule has 0 aliphatic heterocycles. The summed E-state index contributed by atoms with van der Waals surface area (Å²) in [6, 6.07) is 4.54. The monoisotopic (exact) mass is 269 g/mol. The Morgan fingerprint density at radius 1 is 1.13 bits per heavy atom. The maximum absolute atomic E-state index is 3.47. The minimum atomic E-state index is 1.04. The van der Waals surface area contributed by atoms with Crippen molar-refractivity contribution in [1.29, 1.82) is 0 Å². The van der Waals surface area contributed by atoms with Crippen LogP contribution in [0.1, 0.15) is 22.3 Å². The summed E-state index contributed by atoms with van der Waals surface area (Å²) in [4.78, 5) is 2.35. The summed E-state index contributed by atoms with van der Waals surface area (Å²) in [5.74, 6) is 0. The molecule has 1 aromatic rings. The lowest BCUT2D eigenvalue weighted by molar-refractivity contribution is 0.348. The first-order chi connectivity index (χ1) is 7.04. The molecule has 0 N–H and O–H groups in total. The Labute approximate surface area is 102 Å². The number of hydrogen-bond acceptors (Lipinski definition) is 1. The number of hydrogen-bond donors (Lipinski definition) is 0. The normalized spacial score (nSPS) is 11.1. The fraction of sp³-hybridized carbons (Fsp3) is 0.538. The van der Waals surface area contributed by atoms with Crippen LogP contribution in [-0.4, -0.2) is 23.8 Å². The van der Waals surface area contributed by atoms with E-state index in [4.69, 9.17) is 0 Å². The molecule has 0 aliphatic carbocycles. The van der Waals surface area contributed by atoms with Crippen LogP contribution in [0.15, 0.2) is 12.1 Å². The number of benzene rings is 1. The molecule has 0 heterocycles. The van der Waals surface area contributed by atoms with E-state index in [0.717, 1.165) is 18.4 Å². The summed E-state index contributed by atoms with van der Waals surface area (Å²) in [5.41, 5.74) is 5.66. The van der Waals surface area contributed by atoms with Gasteiger partial charge in [0.15, 0.2) is 0 Å². The highest BCUT2D eigenvalue weighted by molar-refractivity contribution is 9.09. The Morgan fingerprint density at radius 3 is 2.13 bits per heavy atom. The molecule has 0 aliphatic rings. The molecule has 0 bridgehead atoms. The molecular formula is C13H20BrN. The molecule has 1 nitrogen and oxygen atoms in total. The van der Waals surface area contributed by atoms with E-state index in [0.29, 0.717) is 0 Å². The highest BCUT2D eigenvalue weighted by Gasteiger charge is 2.06. The Kier molecular flexibility index (Phi) is 4.81. The van der Waals surface area contributed by atoms with Gasteiger partial charge in [0.25, 0.3) is 0 Å². The van der Waals surface area contributed by atoms with Gasteiger partial charge in [0.05, 0.1) is 0 Å². The standard InChI is InChI=1S/C13H20BrN/c1-10-7-11(2)13(12(3)8-10)9-15(4)6-5-14/h7-8H,5-6,9H2,1-4H3. The Hall–Kier alpha value is -0.340. The maximum atomic E-state index is 3.47. The summed E-state index contributed by atoms with van der Waals surface area (Å²) in [5, 5.41) is 1.04. The predicted octanol–water partition coefficient (Wildman–Crippen LogP) is 3.44. The van der Waals surface area contributed by atoms with Gasteiger partial charge in [-0.05, 0) is 44.5 Å². The minimum absolute atomic E-state index is 1.04. The van der Waals surface area contributed by atoms with Crippen molar-refractivity contribution in [2.45, 2.75) is 27.3 Å². The number of nitrogens with zero attached hydrogens (tertiary/aromatic N) is 1. The van der Waals surface area contributed by atoms with Gasteiger partial charge in [-0.1, -0.05) is 33.6 Å². The van der Waals surface area contributed by atoms with Gasteiger partial charge < -0.3 is 4.90 Å². The number of rotatable bonds is 4. The van der Waals surface area contributed by atoms with Crippen molar-refractivity contribution >= 4 is 15.9 Å². The van der Waals surface area contributed by atoms with Crippen LogP contribution in [0.4, 0.5) is 0 Å². The fourth-order valence-corrected chi connectivity index (χ4v) is 2.56. The molecule has 0 spiro atoms. The topological polar surface area (TPSA) is 3.24 Å². The van der Waals surface area contributed by atoms with Crippen LogP contribution >= 0.6 is 15.9 Å². The molecule has 0 saturated carbocycles. The van der Waals surface area contributed by atoms with Gasteiger partial charge in [-0.15, -0.1) is 0 Å². The summed E-state index contributed by atoms with van der Waals surface area (Å²) in [6.45, 7) is 8.71. The lowest BCUT2D eigenvalue weighted by Crippen LogP contribution is -2.21. The predicted molar refractivity (Wildman–Crippen MR) is 70.8 cm³/mol. The zero-order valence-electron chi connectivity index (χ0n) is 10.1. The zero-order chi connectivity index (χ0) is 11.4. The molecule has 0 atom stereocenters. The third kappa shape index (κ3) is 3.62. The average molecular weight is 270 g/mol. The molecule has 0 radical (unpaired) electrons. The van der Waals surface area contributed by atoms with Gasteiger partial charge in [-0.2, -0.15) is 0 Å². The summed E-state index contributed by atoms with van der Waals surface area (Å²) < 4.78 is 0. The molecule has 2 heteroatoms. The van der Waals surface area contributed by atoms with E-state index in [1.807, 2.05) is 0 Å². The molecule has 0 aromatic heterocycles. The quantitative estimate of drug-likeness (QED) is 0.757. The van der Waals surface area contributed by atoms with Crippen molar-refractivity contribution in [2.24, 2.45) is 0 Å². The van der Waals surface area contributed by atoms with E-state index in [1.165, 1.54) is 22.3 Å². The van der Waals surface area contributed by atoms with Crippen LogP contribution in [-0.2, 0) is 6.54 Å². The van der Waals surface area contributed by atoms with Gasteiger partial charge >= 0.3 is 0 Å². The fourth-order valence-electron chi connectivity index (χ4n) is 1.95. The van der Waals surface area contributed by atoms with Crippen molar-refractivity contribution in [1.82, 2.24) is 4.90 Å². The third-order valence-corrected chi connectivity index (χ3v) is 3.09. The van der Waals surface area contributed by atoms with E-state index < -0.39 is 0 Å². The van der Waals surface area contributed by atoms with Gasteiger partial charge in [-0.25, -0.2) is 0 Å². The first-order valence-corrected chi connectivity index (χ1v) is 6.48. The second-order valence-electron chi connectivity index (χ2n) is 4.30. The molecule has 0 unspecified atom stereocenters. The van der Waals surface area contributed by atoms with Crippen LogP contribution in [0.2, 0.25) is 0 Å². The first kappa shape index (κ1) is 12.7. The van der Waals surface area contributed by atoms with Crippen molar-refractivity contribution in [3.05, 3.63) is 34.4 Å². The van der Waals surface area contributed by atoms with Crippen molar-refractivity contribution in [3.63, 3.8) is 0 Å². The van der Waals surface area contributed by atoms with Crippen molar-refractivity contribution in [3.8, 4) is 0 Å².